The molecule has 5 rings (SSSR count). The van der Waals surface area contributed by atoms with Gasteiger partial charge >= 0.3 is 0 Å². The van der Waals surface area contributed by atoms with E-state index in [4.69, 9.17) is 11.6 Å². The minimum atomic E-state index is -0.256. The van der Waals surface area contributed by atoms with Gasteiger partial charge in [-0.2, -0.15) is 0 Å². The number of carbonyl (C=O) groups is 3. The van der Waals surface area contributed by atoms with E-state index in [1.54, 1.807) is 30.3 Å². The Morgan fingerprint density at radius 1 is 1.08 bits per heavy atom. The molecule has 0 radical (unpaired) electrons. The third-order valence-electron chi connectivity index (χ3n) is 7.53. The smallest absolute Gasteiger partial charge is 0.256 e. The van der Waals surface area contributed by atoms with E-state index in [0.29, 0.717) is 51.8 Å². The fourth-order valence-corrected chi connectivity index (χ4v) is 5.36. The predicted molar refractivity (Wildman–Crippen MR) is 154 cm³/mol. The van der Waals surface area contributed by atoms with Crippen molar-refractivity contribution in [2.75, 3.05) is 38.5 Å². The molecule has 3 amide bonds. The van der Waals surface area contributed by atoms with Crippen LogP contribution in [0.5, 0.6) is 0 Å². The van der Waals surface area contributed by atoms with Crippen LogP contribution in [0, 0.1) is 13.8 Å². The second kappa shape index (κ2) is 10.7. The molecule has 1 saturated heterocycles. The summed E-state index contributed by atoms with van der Waals surface area (Å²) < 4.78 is 0. The number of anilines is 1. The third-order valence-corrected chi connectivity index (χ3v) is 7.77. The van der Waals surface area contributed by atoms with Gasteiger partial charge in [0.15, 0.2) is 0 Å². The van der Waals surface area contributed by atoms with Crippen LogP contribution in [0.1, 0.15) is 61.8 Å². The van der Waals surface area contributed by atoms with Crippen LogP contribution in [0.25, 0.3) is 11.6 Å². The molecule has 0 spiro atoms. The van der Waals surface area contributed by atoms with E-state index in [-0.39, 0.29) is 23.8 Å². The fraction of sp³-hybridized carbons (Fsp3) is 0.300. The molecule has 3 aromatic rings. The van der Waals surface area contributed by atoms with Crippen molar-refractivity contribution in [3.63, 3.8) is 0 Å². The number of rotatable bonds is 5. The first kappa shape index (κ1) is 26.7. The third kappa shape index (κ3) is 5.35. The minimum absolute atomic E-state index is 0.00283. The number of aromatic amines is 1. The molecular formula is C30H32ClN5O3. The number of amides is 3. The fourth-order valence-electron chi connectivity index (χ4n) is 5.16. The summed E-state index contributed by atoms with van der Waals surface area (Å²) in [5.41, 5.74) is 5.97. The van der Waals surface area contributed by atoms with E-state index in [9.17, 15) is 14.4 Å². The molecule has 0 bridgehead atoms. The number of aromatic nitrogens is 1. The standard InChI is InChI=1S/C30H32ClN5O3/c1-17-26(32-19(3)27(17)30(39)36-12-10-35(4)11-13-36)16-24-23-15-21(8-9-25(23)34-29(24)38)28(37)33-18(2)20-6-5-7-22(31)14-20/h5-9,14-16,18,32H,10-13H2,1-4H3,(H,33,37)(H,34,38). The van der Waals surface area contributed by atoms with E-state index in [0.717, 1.165) is 29.9 Å². The zero-order valence-corrected chi connectivity index (χ0v) is 23.3. The highest BCUT2D eigenvalue weighted by Gasteiger charge is 2.28. The van der Waals surface area contributed by atoms with Crippen molar-refractivity contribution in [3.05, 3.63) is 86.7 Å². The maximum atomic E-state index is 13.3. The summed E-state index contributed by atoms with van der Waals surface area (Å²) in [4.78, 5) is 46.7. The summed E-state index contributed by atoms with van der Waals surface area (Å²) in [7, 11) is 2.05. The molecule has 202 valence electrons. The lowest BCUT2D eigenvalue weighted by Crippen LogP contribution is -2.47. The minimum Gasteiger partial charge on any atom is -0.358 e. The van der Waals surface area contributed by atoms with Crippen LogP contribution in [0.3, 0.4) is 0 Å². The molecule has 1 atom stereocenters. The molecule has 1 unspecified atom stereocenters. The summed E-state index contributed by atoms with van der Waals surface area (Å²) in [6.45, 7) is 8.73. The first-order valence-electron chi connectivity index (χ1n) is 13.0. The Morgan fingerprint density at radius 2 is 1.82 bits per heavy atom. The lowest BCUT2D eigenvalue weighted by Gasteiger charge is -2.32. The van der Waals surface area contributed by atoms with E-state index < -0.39 is 0 Å². The quantitative estimate of drug-likeness (QED) is 0.406. The largest absolute Gasteiger partial charge is 0.358 e. The van der Waals surface area contributed by atoms with Crippen molar-refractivity contribution in [2.24, 2.45) is 0 Å². The first-order valence-corrected chi connectivity index (χ1v) is 13.4. The van der Waals surface area contributed by atoms with Gasteiger partial charge in [0.05, 0.1) is 17.2 Å². The molecule has 0 aliphatic carbocycles. The second-order valence-corrected chi connectivity index (χ2v) is 10.7. The number of halogens is 1. The van der Waals surface area contributed by atoms with Crippen LogP contribution in [0.15, 0.2) is 42.5 Å². The molecule has 2 aliphatic heterocycles. The van der Waals surface area contributed by atoms with Gasteiger partial charge in [0.25, 0.3) is 17.7 Å². The maximum Gasteiger partial charge on any atom is 0.256 e. The van der Waals surface area contributed by atoms with E-state index in [1.807, 2.05) is 43.9 Å². The van der Waals surface area contributed by atoms with Gasteiger partial charge in [0.2, 0.25) is 0 Å². The summed E-state index contributed by atoms with van der Waals surface area (Å²) in [5, 5.41) is 6.48. The number of likely N-dealkylation sites (N-methyl/N-ethyl adjacent to an activating group) is 1. The zero-order chi connectivity index (χ0) is 27.8. The van der Waals surface area contributed by atoms with E-state index in [2.05, 4.69) is 27.6 Å². The van der Waals surface area contributed by atoms with Crippen molar-refractivity contribution in [3.8, 4) is 0 Å². The van der Waals surface area contributed by atoms with Crippen LogP contribution in [0.2, 0.25) is 5.02 Å². The van der Waals surface area contributed by atoms with Gasteiger partial charge in [0.1, 0.15) is 0 Å². The zero-order valence-electron chi connectivity index (χ0n) is 22.5. The van der Waals surface area contributed by atoms with E-state index in [1.165, 1.54) is 0 Å². The lowest BCUT2D eigenvalue weighted by molar-refractivity contribution is -0.110. The molecule has 3 heterocycles. The second-order valence-electron chi connectivity index (χ2n) is 10.3. The normalized spacial score (nSPS) is 17.2. The van der Waals surface area contributed by atoms with Gasteiger partial charge in [-0.15, -0.1) is 0 Å². The number of hydrogen-bond donors (Lipinski definition) is 3. The topological polar surface area (TPSA) is 97.5 Å². The van der Waals surface area contributed by atoms with Crippen molar-refractivity contribution < 1.29 is 14.4 Å². The number of nitrogens with one attached hydrogen (secondary N) is 3. The van der Waals surface area contributed by atoms with Crippen LogP contribution in [0.4, 0.5) is 5.69 Å². The number of nitrogens with zero attached hydrogens (tertiary/aromatic N) is 2. The highest BCUT2D eigenvalue weighted by Crippen LogP contribution is 2.35. The van der Waals surface area contributed by atoms with Gasteiger partial charge in [-0.1, -0.05) is 23.7 Å². The summed E-state index contributed by atoms with van der Waals surface area (Å²) >= 11 is 6.10. The predicted octanol–water partition coefficient (Wildman–Crippen LogP) is 4.66. The van der Waals surface area contributed by atoms with Crippen LogP contribution in [-0.4, -0.2) is 65.7 Å². The van der Waals surface area contributed by atoms with E-state index >= 15 is 0 Å². The number of carbonyl (C=O) groups excluding carboxylic acids is 3. The number of H-pyrrole nitrogens is 1. The highest BCUT2D eigenvalue weighted by atomic mass is 35.5. The van der Waals surface area contributed by atoms with Crippen molar-refractivity contribution >= 4 is 46.7 Å². The Labute approximate surface area is 233 Å². The summed E-state index contributed by atoms with van der Waals surface area (Å²) in [6, 6.07) is 12.3. The van der Waals surface area contributed by atoms with Crippen molar-refractivity contribution in [1.29, 1.82) is 0 Å². The Hall–Kier alpha value is -3.88. The van der Waals surface area contributed by atoms with Crippen molar-refractivity contribution in [1.82, 2.24) is 20.1 Å². The van der Waals surface area contributed by atoms with Gasteiger partial charge in [-0.25, -0.2) is 0 Å². The van der Waals surface area contributed by atoms with Crippen molar-refractivity contribution in [2.45, 2.75) is 26.8 Å². The van der Waals surface area contributed by atoms with Gasteiger partial charge < -0.3 is 25.4 Å². The number of hydrogen-bond acceptors (Lipinski definition) is 4. The average molecular weight is 546 g/mol. The Kier molecular flexibility index (Phi) is 7.34. The van der Waals surface area contributed by atoms with Crippen LogP contribution in [-0.2, 0) is 4.79 Å². The SMILES string of the molecule is Cc1[nH]c(C=C2C(=O)Nc3ccc(C(=O)NC(C)c4cccc(Cl)c4)cc32)c(C)c1C(=O)N1CCN(C)CC1. The van der Waals surface area contributed by atoms with Gasteiger partial charge in [-0.05, 0) is 75.4 Å². The molecule has 1 fully saturated rings. The molecule has 9 heteroatoms. The molecule has 2 aromatic carbocycles. The number of benzene rings is 2. The first-order chi connectivity index (χ1) is 18.6. The van der Waals surface area contributed by atoms with Gasteiger partial charge in [-0.3, -0.25) is 14.4 Å². The molecule has 39 heavy (non-hydrogen) atoms. The maximum absolute atomic E-state index is 13.3. The molecule has 1 aromatic heterocycles. The average Bonchev–Trinajstić information content (AvgIpc) is 3.37. The molecule has 0 saturated carbocycles. The molecule has 8 nitrogen and oxygen atoms in total. The van der Waals surface area contributed by atoms with Crippen LogP contribution >= 0.6 is 11.6 Å². The summed E-state index contributed by atoms with van der Waals surface area (Å²) in [5.74, 6) is -0.507. The number of aryl methyl sites for hydroxylation is 1. The molecular weight excluding hydrogens is 514 g/mol. The summed E-state index contributed by atoms with van der Waals surface area (Å²) in [6.07, 6.45) is 1.76. The van der Waals surface area contributed by atoms with Crippen LogP contribution < -0.4 is 10.6 Å². The number of fused-ring (bicyclic) bond motifs is 1. The molecule has 3 N–H and O–H groups in total. The van der Waals surface area contributed by atoms with Gasteiger partial charge in [0, 0.05) is 59.4 Å². The number of piperazine rings is 1. The Balaban J connectivity index is 1.41. The Morgan fingerprint density at radius 3 is 2.54 bits per heavy atom. The monoisotopic (exact) mass is 545 g/mol. The lowest BCUT2D eigenvalue weighted by atomic mass is 10.0. The Bertz CT molecular complexity index is 1500. The highest BCUT2D eigenvalue weighted by molar-refractivity contribution is 6.35. The molecule has 2 aliphatic rings.